The second-order valence-electron chi connectivity index (χ2n) is 6.93. The molecule has 2 rings (SSSR count). The zero-order valence-electron chi connectivity index (χ0n) is 12.2. The highest BCUT2D eigenvalue weighted by Crippen LogP contribution is 2.29. The van der Waals surface area contributed by atoms with Crippen molar-refractivity contribution >= 4 is 10.9 Å². The van der Waals surface area contributed by atoms with E-state index in [2.05, 4.69) is 64.7 Å². The third-order valence-electron chi connectivity index (χ3n) is 3.10. The lowest BCUT2D eigenvalue weighted by Gasteiger charge is -2.22. The summed E-state index contributed by atoms with van der Waals surface area (Å²) in [6, 6.07) is 6.33. The van der Waals surface area contributed by atoms with Crippen LogP contribution in [0.5, 0.6) is 0 Å². The van der Waals surface area contributed by atoms with Crippen LogP contribution in [-0.4, -0.2) is 9.97 Å². The van der Waals surface area contributed by atoms with Gasteiger partial charge in [-0.15, -0.1) is 0 Å². The summed E-state index contributed by atoms with van der Waals surface area (Å²) in [6.45, 7) is 13.1. The van der Waals surface area contributed by atoms with Gasteiger partial charge in [-0.25, -0.2) is 9.97 Å². The number of rotatable bonds is 0. The number of nitrogens with zero attached hydrogens (tertiary/aromatic N) is 2. The molecule has 0 saturated heterocycles. The molecule has 0 spiro atoms. The first-order valence-electron chi connectivity index (χ1n) is 6.46. The first kappa shape index (κ1) is 13.0. The molecule has 0 unspecified atom stereocenters. The lowest BCUT2D eigenvalue weighted by atomic mass is 9.85. The summed E-state index contributed by atoms with van der Waals surface area (Å²) >= 11 is 0. The Hall–Kier alpha value is -1.44. The molecule has 18 heavy (non-hydrogen) atoms. The van der Waals surface area contributed by atoms with E-state index in [0.717, 1.165) is 16.7 Å². The summed E-state index contributed by atoms with van der Waals surface area (Å²) < 4.78 is 0. The SMILES string of the molecule is CC(C)(C)c1ncc2c(C(C)(C)C)cccc2n1. The molecule has 2 nitrogen and oxygen atoms in total. The molecule has 0 N–H and O–H groups in total. The third kappa shape index (κ3) is 2.38. The standard InChI is InChI=1S/C16H22N2/c1-15(2,3)12-8-7-9-13-11(12)10-17-14(18-13)16(4,5)6/h7-10H,1-6H3. The van der Waals surface area contributed by atoms with Gasteiger partial charge in [-0.3, -0.25) is 0 Å². The smallest absolute Gasteiger partial charge is 0.134 e. The van der Waals surface area contributed by atoms with Crippen molar-refractivity contribution in [1.82, 2.24) is 9.97 Å². The van der Waals surface area contributed by atoms with E-state index in [-0.39, 0.29) is 10.8 Å². The van der Waals surface area contributed by atoms with Gasteiger partial charge in [0.05, 0.1) is 5.52 Å². The van der Waals surface area contributed by atoms with Crippen molar-refractivity contribution in [2.45, 2.75) is 52.4 Å². The van der Waals surface area contributed by atoms with Gasteiger partial charge in [-0.2, -0.15) is 0 Å². The molecule has 0 aliphatic carbocycles. The van der Waals surface area contributed by atoms with Gasteiger partial charge in [0.1, 0.15) is 5.82 Å². The van der Waals surface area contributed by atoms with Gasteiger partial charge in [0.15, 0.2) is 0 Å². The highest BCUT2D eigenvalue weighted by Gasteiger charge is 2.20. The Morgan fingerprint density at radius 3 is 2.11 bits per heavy atom. The maximum absolute atomic E-state index is 4.71. The largest absolute Gasteiger partial charge is 0.240 e. The van der Waals surface area contributed by atoms with Crippen molar-refractivity contribution in [3.8, 4) is 0 Å². The zero-order valence-corrected chi connectivity index (χ0v) is 12.2. The summed E-state index contributed by atoms with van der Waals surface area (Å²) in [4.78, 5) is 9.25. The van der Waals surface area contributed by atoms with Crippen LogP contribution in [0.2, 0.25) is 0 Å². The van der Waals surface area contributed by atoms with Crippen LogP contribution in [0.3, 0.4) is 0 Å². The topological polar surface area (TPSA) is 25.8 Å². The maximum Gasteiger partial charge on any atom is 0.134 e. The quantitative estimate of drug-likeness (QED) is 0.691. The summed E-state index contributed by atoms with van der Waals surface area (Å²) in [5.74, 6) is 0.904. The molecule has 0 aliphatic rings. The first-order chi connectivity index (χ1) is 8.19. The molecule has 1 heterocycles. The summed E-state index contributed by atoms with van der Waals surface area (Å²) in [5, 5.41) is 1.16. The predicted molar refractivity (Wildman–Crippen MR) is 76.9 cm³/mol. The average Bonchev–Trinajstić information content (AvgIpc) is 2.25. The molecule has 1 aromatic heterocycles. The predicted octanol–water partition coefficient (Wildman–Crippen LogP) is 4.22. The van der Waals surface area contributed by atoms with E-state index < -0.39 is 0 Å². The molecule has 0 saturated carbocycles. The van der Waals surface area contributed by atoms with E-state index in [1.807, 2.05) is 6.20 Å². The molecule has 0 radical (unpaired) electrons. The van der Waals surface area contributed by atoms with Crippen LogP contribution in [-0.2, 0) is 10.8 Å². The average molecular weight is 242 g/mol. The van der Waals surface area contributed by atoms with Crippen molar-refractivity contribution in [2.75, 3.05) is 0 Å². The van der Waals surface area contributed by atoms with Gasteiger partial charge in [-0.05, 0) is 17.0 Å². The van der Waals surface area contributed by atoms with Gasteiger partial charge in [0.2, 0.25) is 0 Å². The van der Waals surface area contributed by atoms with Crippen molar-refractivity contribution in [2.24, 2.45) is 0 Å². The van der Waals surface area contributed by atoms with Crippen LogP contribution in [0.15, 0.2) is 24.4 Å². The van der Waals surface area contributed by atoms with E-state index in [1.54, 1.807) is 0 Å². The first-order valence-corrected chi connectivity index (χ1v) is 6.46. The minimum absolute atomic E-state index is 0.00801. The fraction of sp³-hybridized carbons (Fsp3) is 0.500. The van der Waals surface area contributed by atoms with E-state index in [0.29, 0.717) is 0 Å². The number of benzene rings is 1. The van der Waals surface area contributed by atoms with Crippen molar-refractivity contribution < 1.29 is 0 Å². The molecule has 2 heteroatoms. The molecular weight excluding hydrogens is 220 g/mol. The van der Waals surface area contributed by atoms with Crippen LogP contribution in [0.25, 0.3) is 10.9 Å². The normalized spacial score (nSPS) is 13.0. The lowest BCUT2D eigenvalue weighted by Crippen LogP contribution is -2.17. The molecule has 0 atom stereocenters. The minimum Gasteiger partial charge on any atom is -0.240 e. The van der Waals surface area contributed by atoms with E-state index in [9.17, 15) is 0 Å². The number of fused-ring (bicyclic) bond motifs is 1. The van der Waals surface area contributed by atoms with Gasteiger partial charge >= 0.3 is 0 Å². The van der Waals surface area contributed by atoms with Crippen molar-refractivity contribution in [1.29, 1.82) is 0 Å². The third-order valence-corrected chi connectivity index (χ3v) is 3.10. The zero-order chi connectivity index (χ0) is 13.6. The molecule has 0 amide bonds. The fourth-order valence-corrected chi connectivity index (χ4v) is 2.07. The van der Waals surface area contributed by atoms with Gasteiger partial charge < -0.3 is 0 Å². The van der Waals surface area contributed by atoms with Gasteiger partial charge in [-0.1, -0.05) is 53.7 Å². The monoisotopic (exact) mass is 242 g/mol. The summed E-state index contributed by atoms with van der Waals surface area (Å²) in [5.41, 5.74) is 2.46. The Kier molecular flexibility index (Phi) is 2.92. The number of aromatic nitrogens is 2. The highest BCUT2D eigenvalue weighted by atomic mass is 14.9. The molecule has 0 bridgehead atoms. The number of hydrogen-bond acceptors (Lipinski definition) is 2. The Bertz CT molecular complexity index is 572. The Morgan fingerprint density at radius 2 is 1.56 bits per heavy atom. The van der Waals surface area contributed by atoms with E-state index in [4.69, 9.17) is 4.98 Å². The van der Waals surface area contributed by atoms with Crippen LogP contribution < -0.4 is 0 Å². The van der Waals surface area contributed by atoms with E-state index >= 15 is 0 Å². The molecular formula is C16H22N2. The minimum atomic E-state index is -0.00801. The Labute approximate surface area is 109 Å². The van der Waals surface area contributed by atoms with Crippen LogP contribution in [0.4, 0.5) is 0 Å². The second kappa shape index (κ2) is 4.04. The summed E-state index contributed by atoms with van der Waals surface area (Å²) in [7, 11) is 0. The van der Waals surface area contributed by atoms with Gasteiger partial charge in [0.25, 0.3) is 0 Å². The van der Waals surface area contributed by atoms with Crippen LogP contribution >= 0.6 is 0 Å². The van der Waals surface area contributed by atoms with Gasteiger partial charge in [0, 0.05) is 17.0 Å². The van der Waals surface area contributed by atoms with Crippen LogP contribution in [0, 0.1) is 0 Å². The highest BCUT2D eigenvalue weighted by molar-refractivity contribution is 5.82. The second-order valence-corrected chi connectivity index (χ2v) is 6.93. The summed E-state index contributed by atoms with van der Waals surface area (Å²) in [6.07, 6.45) is 1.98. The number of hydrogen-bond donors (Lipinski definition) is 0. The Balaban J connectivity index is 2.68. The van der Waals surface area contributed by atoms with Crippen LogP contribution in [0.1, 0.15) is 52.9 Å². The molecule has 96 valence electrons. The molecule has 0 aliphatic heterocycles. The van der Waals surface area contributed by atoms with E-state index in [1.165, 1.54) is 5.56 Å². The fourth-order valence-electron chi connectivity index (χ4n) is 2.07. The lowest BCUT2D eigenvalue weighted by molar-refractivity contribution is 0.547. The van der Waals surface area contributed by atoms with Crippen molar-refractivity contribution in [3.63, 3.8) is 0 Å². The van der Waals surface area contributed by atoms with Crippen molar-refractivity contribution in [3.05, 3.63) is 35.8 Å². The maximum atomic E-state index is 4.71. The molecule has 0 fully saturated rings. The molecule has 1 aromatic carbocycles. The molecule has 2 aromatic rings. The Morgan fingerprint density at radius 1 is 0.889 bits per heavy atom.